The molecule has 1 aliphatic heterocycles. The molecule has 0 atom stereocenters. The fourth-order valence-electron chi connectivity index (χ4n) is 3.24. The van der Waals surface area contributed by atoms with Crippen molar-refractivity contribution in [2.24, 2.45) is 0 Å². The van der Waals surface area contributed by atoms with Gasteiger partial charge in [0.25, 0.3) is 5.91 Å². The number of alkyl halides is 3. The van der Waals surface area contributed by atoms with Gasteiger partial charge in [0.15, 0.2) is 0 Å². The first-order valence-corrected chi connectivity index (χ1v) is 10.7. The number of methoxy groups -OCH3 is 1. The summed E-state index contributed by atoms with van der Waals surface area (Å²) in [6.07, 6.45) is -2.11. The van der Waals surface area contributed by atoms with Crippen molar-refractivity contribution in [1.29, 1.82) is 0 Å². The molecule has 0 unspecified atom stereocenters. The standard InChI is InChI=1S/C20H21F3N2O4S/c1-29-17-9-8-16(13-18(17)30(27,28)25-10-3-2-4-11-25)24-19(26)14-6-5-7-15(12-14)20(21,22)23/h5-9,12-13H,2-4,10-11H2,1H3,(H,24,26). The molecule has 1 aliphatic rings. The lowest BCUT2D eigenvalue weighted by atomic mass is 10.1. The second kappa shape index (κ2) is 8.65. The van der Waals surface area contributed by atoms with Crippen molar-refractivity contribution in [3.63, 3.8) is 0 Å². The van der Waals surface area contributed by atoms with Gasteiger partial charge in [-0.3, -0.25) is 4.79 Å². The van der Waals surface area contributed by atoms with E-state index in [1.165, 1.54) is 35.7 Å². The Balaban J connectivity index is 1.89. The zero-order valence-electron chi connectivity index (χ0n) is 16.2. The molecule has 162 valence electrons. The molecule has 2 aromatic carbocycles. The Labute approximate surface area is 172 Å². The van der Waals surface area contributed by atoms with Crippen LogP contribution in [0.2, 0.25) is 0 Å². The van der Waals surface area contributed by atoms with Crippen molar-refractivity contribution in [2.45, 2.75) is 30.3 Å². The fourth-order valence-corrected chi connectivity index (χ4v) is 4.94. The minimum atomic E-state index is -4.58. The highest BCUT2D eigenvalue weighted by atomic mass is 32.2. The van der Waals surface area contributed by atoms with Gasteiger partial charge in [-0.25, -0.2) is 8.42 Å². The average Bonchev–Trinajstić information content (AvgIpc) is 2.73. The van der Waals surface area contributed by atoms with E-state index >= 15 is 0 Å². The molecule has 1 N–H and O–H groups in total. The van der Waals surface area contributed by atoms with Crippen LogP contribution in [0.5, 0.6) is 5.75 Å². The lowest BCUT2D eigenvalue weighted by molar-refractivity contribution is -0.137. The Kier molecular flexibility index (Phi) is 6.37. The molecule has 0 saturated carbocycles. The zero-order valence-corrected chi connectivity index (χ0v) is 17.0. The van der Waals surface area contributed by atoms with E-state index in [-0.39, 0.29) is 21.9 Å². The average molecular weight is 442 g/mol. The van der Waals surface area contributed by atoms with Gasteiger partial charge in [-0.2, -0.15) is 17.5 Å². The summed E-state index contributed by atoms with van der Waals surface area (Å²) >= 11 is 0. The summed E-state index contributed by atoms with van der Waals surface area (Å²) in [5.41, 5.74) is -1.01. The Morgan fingerprint density at radius 2 is 1.77 bits per heavy atom. The number of ether oxygens (including phenoxy) is 1. The van der Waals surface area contributed by atoms with Crippen LogP contribution in [0.4, 0.5) is 18.9 Å². The summed E-state index contributed by atoms with van der Waals surface area (Å²) in [7, 11) is -2.51. The third-order valence-corrected chi connectivity index (χ3v) is 6.73. The summed E-state index contributed by atoms with van der Waals surface area (Å²) < 4.78 is 71.3. The van der Waals surface area contributed by atoms with Crippen LogP contribution in [0.3, 0.4) is 0 Å². The largest absolute Gasteiger partial charge is 0.495 e. The predicted molar refractivity (Wildman–Crippen MR) is 105 cm³/mol. The fraction of sp³-hybridized carbons (Fsp3) is 0.350. The number of carbonyl (C=O) groups is 1. The van der Waals surface area contributed by atoms with E-state index in [9.17, 15) is 26.4 Å². The predicted octanol–water partition coefficient (Wildman–Crippen LogP) is 4.14. The normalized spacial score (nSPS) is 15.6. The number of amides is 1. The summed E-state index contributed by atoms with van der Waals surface area (Å²) in [4.78, 5) is 12.3. The van der Waals surface area contributed by atoms with Gasteiger partial charge in [-0.05, 0) is 49.2 Å². The zero-order chi connectivity index (χ0) is 21.9. The van der Waals surface area contributed by atoms with Gasteiger partial charge >= 0.3 is 6.18 Å². The highest BCUT2D eigenvalue weighted by molar-refractivity contribution is 7.89. The van der Waals surface area contributed by atoms with Gasteiger partial charge in [-0.15, -0.1) is 0 Å². The quantitative estimate of drug-likeness (QED) is 0.755. The molecule has 1 heterocycles. The van der Waals surface area contributed by atoms with Gasteiger partial charge < -0.3 is 10.1 Å². The maximum atomic E-state index is 13.0. The van der Waals surface area contributed by atoms with Gasteiger partial charge in [0.05, 0.1) is 12.7 Å². The SMILES string of the molecule is COc1ccc(NC(=O)c2cccc(C(F)(F)F)c2)cc1S(=O)(=O)N1CCCCC1. The number of hydrogen-bond donors (Lipinski definition) is 1. The lowest BCUT2D eigenvalue weighted by Gasteiger charge is -2.26. The number of benzene rings is 2. The van der Waals surface area contributed by atoms with E-state index in [0.717, 1.165) is 37.5 Å². The Bertz CT molecular complexity index is 1030. The van der Waals surface area contributed by atoms with E-state index in [0.29, 0.717) is 13.1 Å². The number of nitrogens with zero attached hydrogens (tertiary/aromatic N) is 1. The number of nitrogens with one attached hydrogen (secondary N) is 1. The smallest absolute Gasteiger partial charge is 0.416 e. The minimum Gasteiger partial charge on any atom is -0.495 e. The van der Waals surface area contributed by atoms with Gasteiger partial charge in [0, 0.05) is 24.3 Å². The number of rotatable bonds is 5. The Morgan fingerprint density at radius 1 is 1.07 bits per heavy atom. The molecule has 0 radical (unpaired) electrons. The molecule has 0 aliphatic carbocycles. The molecule has 0 bridgehead atoms. The maximum absolute atomic E-state index is 13.0. The second-order valence-electron chi connectivity index (χ2n) is 6.86. The number of piperidine rings is 1. The first-order chi connectivity index (χ1) is 14.1. The van der Waals surface area contributed by atoms with E-state index in [4.69, 9.17) is 4.74 Å². The van der Waals surface area contributed by atoms with E-state index in [1.54, 1.807) is 0 Å². The molecule has 3 rings (SSSR count). The maximum Gasteiger partial charge on any atom is 0.416 e. The second-order valence-corrected chi connectivity index (χ2v) is 8.77. The van der Waals surface area contributed by atoms with Crippen molar-refractivity contribution in [3.05, 3.63) is 53.6 Å². The van der Waals surface area contributed by atoms with Gasteiger partial charge in [-0.1, -0.05) is 12.5 Å². The molecule has 1 amide bonds. The molecular weight excluding hydrogens is 421 g/mol. The lowest BCUT2D eigenvalue weighted by Crippen LogP contribution is -2.35. The topological polar surface area (TPSA) is 75.7 Å². The van der Waals surface area contributed by atoms with Crippen molar-refractivity contribution in [2.75, 3.05) is 25.5 Å². The molecule has 6 nitrogen and oxygen atoms in total. The van der Waals surface area contributed by atoms with E-state index < -0.39 is 27.7 Å². The van der Waals surface area contributed by atoms with E-state index in [2.05, 4.69) is 5.32 Å². The van der Waals surface area contributed by atoms with Crippen LogP contribution < -0.4 is 10.1 Å². The van der Waals surface area contributed by atoms with Crippen molar-refractivity contribution >= 4 is 21.6 Å². The molecule has 1 saturated heterocycles. The van der Waals surface area contributed by atoms with Crippen LogP contribution in [0.1, 0.15) is 35.2 Å². The van der Waals surface area contributed by atoms with Gasteiger partial charge in [0.1, 0.15) is 10.6 Å². The van der Waals surface area contributed by atoms with Crippen molar-refractivity contribution in [3.8, 4) is 5.75 Å². The molecule has 30 heavy (non-hydrogen) atoms. The molecule has 10 heteroatoms. The Hall–Kier alpha value is -2.59. The third kappa shape index (κ3) is 4.76. The van der Waals surface area contributed by atoms with Crippen LogP contribution in [-0.4, -0.2) is 38.8 Å². The highest BCUT2D eigenvalue weighted by Crippen LogP contribution is 2.32. The van der Waals surface area contributed by atoms with Crippen molar-refractivity contribution < 1.29 is 31.1 Å². The van der Waals surface area contributed by atoms with Crippen LogP contribution >= 0.6 is 0 Å². The highest BCUT2D eigenvalue weighted by Gasteiger charge is 2.31. The Morgan fingerprint density at radius 3 is 2.40 bits per heavy atom. The van der Waals surface area contributed by atoms with Crippen LogP contribution in [-0.2, 0) is 16.2 Å². The minimum absolute atomic E-state index is 0.103. The van der Waals surface area contributed by atoms with Crippen molar-refractivity contribution in [1.82, 2.24) is 4.31 Å². The number of anilines is 1. The summed E-state index contributed by atoms with van der Waals surface area (Å²) in [5, 5.41) is 2.46. The molecular formula is C20H21F3N2O4S. The summed E-state index contributed by atoms with van der Waals surface area (Å²) in [6.45, 7) is 0.790. The number of sulfonamides is 1. The molecule has 2 aromatic rings. The monoisotopic (exact) mass is 442 g/mol. The van der Waals surface area contributed by atoms with Crippen LogP contribution in [0.15, 0.2) is 47.4 Å². The van der Waals surface area contributed by atoms with Gasteiger partial charge in [0.2, 0.25) is 10.0 Å². The summed E-state index contributed by atoms with van der Waals surface area (Å²) in [5.74, 6) is -0.662. The summed E-state index contributed by atoms with van der Waals surface area (Å²) in [6, 6.07) is 8.08. The molecule has 0 spiro atoms. The first-order valence-electron chi connectivity index (χ1n) is 9.30. The first kappa shape index (κ1) is 22.1. The number of carbonyl (C=O) groups excluding carboxylic acids is 1. The molecule has 1 fully saturated rings. The molecule has 0 aromatic heterocycles. The number of halogens is 3. The van der Waals surface area contributed by atoms with E-state index in [1.807, 2.05) is 0 Å². The van der Waals surface area contributed by atoms with Crippen LogP contribution in [0.25, 0.3) is 0 Å². The number of hydrogen-bond acceptors (Lipinski definition) is 4. The van der Waals surface area contributed by atoms with Crippen LogP contribution in [0, 0.1) is 0 Å². The third-order valence-electron chi connectivity index (χ3n) is 4.81.